The molecule has 2 unspecified atom stereocenters. The van der Waals surface area contributed by atoms with Crippen molar-refractivity contribution in [2.75, 3.05) is 20.2 Å². The third-order valence-electron chi connectivity index (χ3n) is 3.61. The Hall–Kier alpha value is -0.660. The standard InChI is InChI=1S/C13H25NO5S/c1-5-14(9-13(2,3)16)20(17,18)11-8-6-7-10(11)12(15)19-4/h10-11,16H,5-9H2,1-4H3. The van der Waals surface area contributed by atoms with Crippen molar-refractivity contribution in [1.82, 2.24) is 4.31 Å². The topological polar surface area (TPSA) is 83.9 Å². The van der Waals surface area contributed by atoms with Crippen molar-refractivity contribution in [3.63, 3.8) is 0 Å². The van der Waals surface area contributed by atoms with E-state index >= 15 is 0 Å². The third-order valence-corrected chi connectivity index (χ3v) is 6.05. The fraction of sp³-hybridized carbons (Fsp3) is 0.923. The number of nitrogens with zero attached hydrogens (tertiary/aromatic N) is 1. The zero-order chi connectivity index (χ0) is 15.6. The van der Waals surface area contributed by atoms with Crippen LogP contribution in [0.4, 0.5) is 0 Å². The molecule has 0 spiro atoms. The van der Waals surface area contributed by atoms with Gasteiger partial charge < -0.3 is 9.84 Å². The maximum Gasteiger partial charge on any atom is 0.310 e. The van der Waals surface area contributed by atoms with Crippen molar-refractivity contribution in [2.45, 2.75) is 50.9 Å². The number of ether oxygens (including phenoxy) is 1. The molecule has 0 aromatic rings. The fourth-order valence-corrected chi connectivity index (χ4v) is 5.07. The van der Waals surface area contributed by atoms with Crippen molar-refractivity contribution < 1.29 is 23.1 Å². The molecule has 118 valence electrons. The molecule has 1 fully saturated rings. The van der Waals surface area contributed by atoms with E-state index in [0.717, 1.165) is 0 Å². The van der Waals surface area contributed by atoms with Gasteiger partial charge in [0, 0.05) is 13.1 Å². The van der Waals surface area contributed by atoms with Gasteiger partial charge in [0.1, 0.15) is 0 Å². The van der Waals surface area contributed by atoms with Crippen LogP contribution in [0.3, 0.4) is 0 Å². The first-order valence-electron chi connectivity index (χ1n) is 6.92. The SMILES string of the molecule is CCN(CC(C)(C)O)S(=O)(=O)C1CCCC1C(=O)OC. The average molecular weight is 307 g/mol. The molecule has 0 saturated heterocycles. The second-order valence-electron chi connectivity index (χ2n) is 5.88. The summed E-state index contributed by atoms with van der Waals surface area (Å²) in [6.07, 6.45) is 1.70. The summed E-state index contributed by atoms with van der Waals surface area (Å²) in [4.78, 5) is 11.7. The summed E-state index contributed by atoms with van der Waals surface area (Å²) in [6, 6.07) is 0. The Balaban J connectivity index is 2.98. The minimum atomic E-state index is -3.62. The molecule has 0 bridgehead atoms. The molecule has 1 N–H and O–H groups in total. The number of sulfonamides is 1. The van der Waals surface area contributed by atoms with Gasteiger partial charge >= 0.3 is 5.97 Å². The van der Waals surface area contributed by atoms with Gasteiger partial charge in [0.2, 0.25) is 10.0 Å². The summed E-state index contributed by atoms with van der Waals surface area (Å²) >= 11 is 0. The summed E-state index contributed by atoms with van der Waals surface area (Å²) in [6.45, 7) is 5.16. The Labute approximate surface area is 121 Å². The van der Waals surface area contributed by atoms with E-state index in [-0.39, 0.29) is 13.1 Å². The van der Waals surface area contributed by atoms with E-state index in [2.05, 4.69) is 0 Å². The maximum atomic E-state index is 12.7. The van der Waals surface area contributed by atoms with E-state index < -0.39 is 32.8 Å². The smallest absolute Gasteiger partial charge is 0.310 e. The molecule has 1 rings (SSSR count). The van der Waals surface area contributed by atoms with Gasteiger partial charge in [-0.05, 0) is 26.7 Å². The zero-order valence-electron chi connectivity index (χ0n) is 12.6. The molecular weight excluding hydrogens is 282 g/mol. The van der Waals surface area contributed by atoms with Gasteiger partial charge in [-0.15, -0.1) is 0 Å². The first-order chi connectivity index (χ1) is 9.13. The summed E-state index contributed by atoms with van der Waals surface area (Å²) in [5, 5.41) is 9.11. The lowest BCUT2D eigenvalue weighted by atomic mass is 10.1. The molecule has 6 nitrogen and oxygen atoms in total. The van der Waals surface area contributed by atoms with Crippen molar-refractivity contribution in [1.29, 1.82) is 0 Å². The van der Waals surface area contributed by atoms with E-state index in [4.69, 9.17) is 4.74 Å². The van der Waals surface area contributed by atoms with Crippen molar-refractivity contribution in [3.05, 3.63) is 0 Å². The molecule has 2 atom stereocenters. The number of aliphatic hydroxyl groups is 1. The molecule has 0 aliphatic heterocycles. The lowest BCUT2D eigenvalue weighted by Gasteiger charge is -2.31. The Bertz CT molecular complexity index is 440. The molecule has 1 aliphatic carbocycles. The van der Waals surface area contributed by atoms with Crippen LogP contribution in [-0.4, -0.2) is 54.8 Å². The second-order valence-corrected chi connectivity index (χ2v) is 8.03. The van der Waals surface area contributed by atoms with Crippen LogP contribution in [0.5, 0.6) is 0 Å². The second kappa shape index (κ2) is 6.41. The van der Waals surface area contributed by atoms with Gasteiger partial charge in [0.15, 0.2) is 0 Å². The first kappa shape index (κ1) is 17.4. The number of likely N-dealkylation sites (N-methyl/N-ethyl adjacent to an activating group) is 1. The predicted molar refractivity (Wildman–Crippen MR) is 75.6 cm³/mol. The van der Waals surface area contributed by atoms with Crippen LogP contribution in [0.25, 0.3) is 0 Å². The van der Waals surface area contributed by atoms with Crippen LogP contribution in [0.15, 0.2) is 0 Å². The quantitative estimate of drug-likeness (QED) is 0.732. The lowest BCUT2D eigenvalue weighted by molar-refractivity contribution is -0.145. The Kier molecular flexibility index (Phi) is 5.57. The number of esters is 1. The fourth-order valence-electron chi connectivity index (χ4n) is 2.71. The van der Waals surface area contributed by atoms with Crippen LogP contribution in [0.2, 0.25) is 0 Å². The first-order valence-corrected chi connectivity index (χ1v) is 8.43. The minimum Gasteiger partial charge on any atom is -0.469 e. The van der Waals surface area contributed by atoms with E-state index in [0.29, 0.717) is 19.3 Å². The van der Waals surface area contributed by atoms with Crippen LogP contribution >= 0.6 is 0 Å². The summed E-state index contributed by atoms with van der Waals surface area (Å²) in [5.41, 5.74) is -1.11. The van der Waals surface area contributed by atoms with Gasteiger partial charge in [0.05, 0.1) is 23.9 Å². The molecule has 1 saturated carbocycles. The molecule has 0 aromatic heterocycles. The number of carbonyl (C=O) groups is 1. The Morgan fingerprint density at radius 1 is 1.40 bits per heavy atom. The van der Waals surface area contributed by atoms with Crippen LogP contribution in [-0.2, 0) is 19.6 Å². The largest absolute Gasteiger partial charge is 0.469 e. The molecular formula is C13H25NO5S. The normalized spacial score (nSPS) is 24.1. The number of rotatable bonds is 6. The van der Waals surface area contributed by atoms with Gasteiger partial charge in [-0.25, -0.2) is 8.42 Å². The minimum absolute atomic E-state index is 0.0240. The van der Waals surface area contributed by atoms with E-state index in [1.807, 2.05) is 0 Å². The molecule has 0 heterocycles. The summed E-state index contributed by atoms with van der Waals surface area (Å²) in [7, 11) is -2.34. The number of methoxy groups -OCH3 is 1. The van der Waals surface area contributed by atoms with Crippen LogP contribution in [0.1, 0.15) is 40.0 Å². The van der Waals surface area contributed by atoms with Crippen LogP contribution in [0, 0.1) is 5.92 Å². The molecule has 1 aliphatic rings. The number of carbonyl (C=O) groups excluding carboxylic acids is 1. The Morgan fingerprint density at radius 3 is 2.45 bits per heavy atom. The number of hydrogen-bond donors (Lipinski definition) is 1. The van der Waals surface area contributed by atoms with Crippen molar-refractivity contribution >= 4 is 16.0 Å². The van der Waals surface area contributed by atoms with E-state index in [9.17, 15) is 18.3 Å². The molecule has 0 radical (unpaired) electrons. The highest BCUT2D eigenvalue weighted by Gasteiger charge is 2.45. The van der Waals surface area contributed by atoms with Gasteiger partial charge in [-0.3, -0.25) is 4.79 Å². The molecule has 0 aromatic carbocycles. The monoisotopic (exact) mass is 307 g/mol. The van der Waals surface area contributed by atoms with E-state index in [1.54, 1.807) is 20.8 Å². The third kappa shape index (κ3) is 3.93. The highest BCUT2D eigenvalue weighted by molar-refractivity contribution is 7.89. The van der Waals surface area contributed by atoms with E-state index in [1.165, 1.54) is 11.4 Å². The summed E-state index contributed by atoms with van der Waals surface area (Å²) in [5.74, 6) is -1.06. The van der Waals surface area contributed by atoms with Crippen LogP contribution < -0.4 is 0 Å². The number of hydrogen-bond acceptors (Lipinski definition) is 5. The maximum absolute atomic E-state index is 12.7. The van der Waals surface area contributed by atoms with Crippen molar-refractivity contribution in [2.24, 2.45) is 5.92 Å². The Morgan fingerprint density at radius 2 is 2.00 bits per heavy atom. The molecule has 7 heteroatoms. The lowest BCUT2D eigenvalue weighted by Crippen LogP contribution is -2.47. The van der Waals surface area contributed by atoms with Gasteiger partial charge in [0.25, 0.3) is 0 Å². The molecule has 0 amide bonds. The van der Waals surface area contributed by atoms with Gasteiger partial charge in [-0.2, -0.15) is 4.31 Å². The molecule has 20 heavy (non-hydrogen) atoms. The highest BCUT2D eigenvalue weighted by Crippen LogP contribution is 2.34. The predicted octanol–water partition coefficient (Wildman–Crippen LogP) is 0.751. The summed E-state index contributed by atoms with van der Waals surface area (Å²) < 4.78 is 31.3. The zero-order valence-corrected chi connectivity index (χ0v) is 13.4. The van der Waals surface area contributed by atoms with Gasteiger partial charge in [-0.1, -0.05) is 13.3 Å². The van der Waals surface area contributed by atoms with Crippen molar-refractivity contribution in [3.8, 4) is 0 Å². The highest BCUT2D eigenvalue weighted by atomic mass is 32.2. The average Bonchev–Trinajstić information content (AvgIpc) is 2.83.